The quantitative estimate of drug-likeness (QED) is 0.554. The second kappa shape index (κ2) is 6.62. The van der Waals surface area contributed by atoms with Gasteiger partial charge in [0.05, 0.1) is 5.69 Å². The van der Waals surface area contributed by atoms with Crippen LogP contribution in [-0.4, -0.2) is 5.71 Å². The standard InChI is InChI=1S/C13H16N2O/c1-3-5-11(4-2)15-12-6-8-13(9-7-12)16-10-14/h6-9H,3-5H2,1-2H3. The Bertz CT molecular complexity index is 387. The van der Waals surface area contributed by atoms with E-state index in [1.165, 1.54) is 5.71 Å². The van der Waals surface area contributed by atoms with Gasteiger partial charge in [0.2, 0.25) is 0 Å². The lowest BCUT2D eigenvalue weighted by Gasteiger charge is -2.02. The summed E-state index contributed by atoms with van der Waals surface area (Å²) < 4.78 is 4.70. The van der Waals surface area contributed by atoms with Gasteiger partial charge in [-0.2, -0.15) is 0 Å². The molecule has 0 bridgehead atoms. The molecular weight excluding hydrogens is 200 g/mol. The first kappa shape index (κ1) is 12.3. The van der Waals surface area contributed by atoms with E-state index < -0.39 is 0 Å². The first-order valence-electron chi connectivity index (χ1n) is 5.52. The maximum atomic E-state index is 8.34. The Morgan fingerprint density at radius 1 is 1.31 bits per heavy atom. The molecule has 0 aliphatic rings. The molecule has 0 spiro atoms. The van der Waals surface area contributed by atoms with Gasteiger partial charge in [-0.25, -0.2) is 0 Å². The van der Waals surface area contributed by atoms with Crippen LogP contribution in [0.5, 0.6) is 5.75 Å². The molecule has 0 atom stereocenters. The number of hydrogen-bond acceptors (Lipinski definition) is 3. The molecule has 0 aliphatic heterocycles. The molecule has 0 fully saturated rings. The molecular formula is C13H16N2O. The monoisotopic (exact) mass is 216 g/mol. The topological polar surface area (TPSA) is 45.4 Å². The molecule has 3 nitrogen and oxygen atoms in total. The lowest BCUT2D eigenvalue weighted by atomic mass is 10.2. The number of aliphatic imine (C=N–C) groups is 1. The van der Waals surface area contributed by atoms with Gasteiger partial charge in [-0.1, -0.05) is 20.3 Å². The lowest BCUT2D eigenvalue weighted by Crippen LogP contribution is -1.93. The molecule has 0 radical (unpaired) electrons. The van der Waals surface area contributed by atoms with Gasteiger partial charge in [-0.3, -0.25) is 4.99 Å². The maximum Gasteiger partial charge on any atom is 0.292 e. The summed E-state index contributed by atoms with van der Waals surface area (Å²) in [6.07, 6.45) is 4.76. The van der Waals surface area contributed by atoms with Gasteiger partial charge in [-0.15, -0.1) is 5.26 Å². The minimum Gasteiger partial charge on any atom is -0.388 e. The van der Waals surface area contributed by atoms with Crippen LogP contribution in [0.25, 0.3) is 0 Å². The van der Waals surface area contributed by atoms with E-state index in [-0.39, 0.29) is 0 Å². The Morgan fingerprint density at radius 3 is 2.50 bits per heavy atom. The second-order valence-corrected chi connectivity index (χ2v) is 3.47. The predicted molar refractivity (Wildman–Crippen MR) is 65.0 cm³/mol. The summed E-state index contributed by atoms with van der Waals surface area (Å²) in [5.41, 5.74) is 2.12. The zero-order chi connectivity index (χ0) is 11.8. The molecule has 0 aliphatic carbocycles. The van der Waals surface area contributed by atoms with Crippen molar-refractivity contribution in [2.24, 2.45) is 4.99 Å². The average Bonchev–Trinajstić information content (AvgIpc) is 2.31. The summed E-state index contributed by atoms with van der Waals surface area (Å²) in [4.78, 5) is 4.55. The van der Waals surface area contributed by atoms with E-state index in [1.54, 1.807) is 18.4 Å². The Balaban J connectivity index is 2.77. The lowest BCUT2D eigenvalue weighted by molar-refractivity contribution is 0.507. The molecule has 0 N–H and O–H groups in total. The number of nitriles is 1. The van der Waals surface area contributed by atoms with Crippen molar-refractivity contribution in [3.63, 3.8) is 0 Å². The number of hydrogen-bond donors (Lipinski definition) is 0. The SMILES string of the molecule is CCCC(CC)=Nc1ccc(OC#N)cc1. The number of ether oxygens (including phenoxy) is 1. The van der Waals surface area contributed by atoms with E-state index in [4.69, 9.17) is 10.00 Å². The van der Waals surface area contributed by atoms with Crippen LogP contribution in [0.3, 0.4) is 0 Å². The van der Waals surface area contributed by atoms with Crippen LogP contribution in [-0.2, 0) is 0 Å². The normalized spacial score (nSPS) is 10.9. The largest absolute Gasteiger partial charge is 0.388 e. The van der Waals surface area contributed by atoms with Crippen molar-refractivity contribution in [3.05, 3.63) is 24.3 Å². The van der Waals surface area contributed by atoms with Gasteiger partial charge in [0.1, 0.15) is 5.75 Å². The molecule has 0 unspecified atom stereocenters. The maximum absolute atomic E-state index is 8.34. The predicted octanol–water partition coefficient (Wildman–Crippen LogP) is 3.83. The number of nitrogens with zero attached hydrogens (tertiary/aromatic N) is 2. The highest BCUT2D eigenvalue weighted by atomic mass is 16.5. The van der Waals surface area contributed by atoms with Crippen LogP contribution < -0.4 is 4.74 Å². The first-order chi connectivity index (χ1) is 7.80. The summed E-state index contributed by atoms with van der Waals surface area (Å²) in [6, 6.07) is 7.22. The Hall–Kier alpha value is -1.82. The third-order valence-electron chi connectivity index (χ3n) is 2.23. The van der Waals surface area contributed by atoms with Gasteiger partial charge in [0.25, 0.3) is 6.26 Å². The highest BCUT2D eigenvalue weighted by molar-refractivity contribution is 5.86. The first-order valence-corrected chi connectivity index (χ1v) is 5.52. The third-order valence-corrected chi connectivity index (χ3v) is 2.23. The molecule has 1 aromatic carbocycles. The van der Waals surface area contributed by atoms with Crippen LogP contribution in [0.1, 0.15) is 33.1 Å². The van der Waals surface area contributed by atoms with Crippen molar-refractivity contribution < 1.29 is 4.74 Å². The third kappa shape index (κ3) is 3.74. The van der Waals surface area contributed by atoms with E-state index in [0.29, 0.717) is 5.75 Å². The summed E-state index contributed by atoms with van der Waals surface area (Å²) in [5.74, 6) is 0.551. The minimum absolute atomic E-state index is 0.551. The zero-order valence-electron chi connectivity index (χ0n) is 9.73. The van der Waals surface area contributed by atoms with Crippen molar-refractivity contribution in [3.8, 4) is 12.0 Å². The fraction of sp³-hybridized carbons (Fsp3) is 0.385. The Labute approximate surface area is 96.4 Å². The molecule has 3 heteroatoms. The van der Waals surface area contributed by atoms with E-state index in [1.807, 2.05) is 12.1 Å². The van der Waals surface area contributed by atoms with Crippen molar-refractivity contribution >= 4 is 11.4 Å². The smallest absolute Gasteiger partial charge is 0.292 e. The van der Waals surface area contributed by atoms with Gasteiger partial charge < -0.3 is 4.74 Å². The van der Waals surface area contributed by atoms with E-state index in [9.17, 15) is 0 Å². The minimum atomic E-state index is 0.551. The molecule has 0 saturated carbocycles. The van der Waals surface area contributed by atoms with E-state index in [0.717, 1.165) is 24.9 Å². The van der Waals surface area contributed by atoms with Crippen molar-refractivity contribution in [2.75, 3.05) is 0 Å². The van der Waals surface area contributed by atoms with Gasteiger partial charge in [0.15, 0.2) is 0 Å². The van der Waals surface area contributed by atoms with Crippen LogP contribution in [0.2, 0.25) is 0 Å². The molecule has 1 rings (SSSR count). The van der Waals surface area contributed by atoms with Gasteiger partial charge >= 0.3 is 0 Å². The van der Waals surface area contributed by atoms with Crippen LogP contribution in [0, 0.1) is 11.5 Å². The number of benzene rings is 1. The van der Waals surface area contributed by atoms with Crippen molar-refractivity contribution in [1.29, 1.82) is 5.26 Å². The fourth-order valence-electron chi connectivity index (χ4n) is 1.42. The summed E-state index contributed by atoms with van der Waals surface area (Å²) in [6.45, 7) is 4.26. The van der Waals surface area contributed by atoms with E-state index in [2.05, 4.69) is 18.8 Å². The summed E-state index contributed by atoms with van der Waals surface area (Å²) in [5, 5.41) is 8.34. The highest BCUT2D eigenvalue weighted by Crippen LogP contribution is 2.19. The summed E-state index contributed by atoms with van der Waals surface area (Å²) in [7, 11) is 0. The van der Waals surface area contributed by atoms with Crippen LogP contribution in [0.4, 0.5) is 5.69 Å². The van der Waals surface area contributed by atoms with Crippen molar-refractivity contribution in [2.45, 2.75) is 33.1 Å². The highest BCUT2D eigenvalue weighted by Gasteiger charge is 1.97. The Kier molecular flexibility index (Phi) is 5.07. The molecule has 0 heterocycles. The molecule has 0 aromatic heterocycles. The van der Waals surface area contributed by atoms with Crippen LogP contribution >= 0.6 is 0 Å². The molecule has 84 valence electrons. The average molecular weight is 216 g/mol. The summed E-state index contributed by atoms with van der Waals surface area (Å²) >= 11 is 0. The van der Waals surface area contributed by atoms with Crippen molar-refractivity contribution in [1.82, 2.24) is 0 Å². The molecule has 16 heavy (non-hydrogen) atoms. The molecule has 0 amide bonds. The van der Waals surface area contributed by atoms with E-state index >= 15 is 0 Å². The number of rotatable bonds is 5. The second-order valence-electron chi connectivity index (χ2n) is 3.47. The fourth-order valence-corrected chi connectivity index (χ4v) is 1.42. The zero-order valence-corrected chi connectivity index (χ0v) is 9.73. The molecule has 0 saturated heterocycles. The van der Waals surface area contributed by atoms with Crippen LogP contribution in [0.15, 0.2) is 29.3 Å². The Morgan fingerprint density at radius 2 is 2.00 bits per heavy atom. The molecule has 1 aromatic rings. The van der Waals surface area contributed by atoms with Gasteiger partial charge in [-0.05, 0) is 37.1 Å². The van der Waals surface area contributed by atoms with Gasteiger partial charge in [0, 0.05) is 5.71 Å².